The largest absolute Gasteiger partial charge is 0.303 e. The van der Waals surface area contributed by atoms with E-state index in [4.69, 9.17) is 0 Å². The fraction of sp³-hybridized carbons (Fsp3) is 0.500. The van der Waals surface area contributed by atoms with Crippen molar-refractivity contribution >= 4 is 9.84 Å². The van der Waals surface area contributed by atoms with Gasteiger partial charge in [0.25, 0.3) is 0 Å². The van der Waals surface area contributed by atoms with Gasteiger partial charge in [0.15, 0.2) is 9.84 Å². The first-order valence-electron chi connectivity index (χ1n) is 5.12. The summed E-state index contributed by atoms with van der Waals surface area (Å²) >= 11 is 0. The van der Waals surface area contributed by atoms with Crippen molar-refractivity contribution in [1.82, 2.24) is 15.1 Å². The predicted octanol–water partition coefficient (Wildman–Crippen LogP) is 0.381. The minimum atomic E-state index is -2.98. The van der Waals surface area contributed by atoms with Crippen LogP contribution in [0.15, 0.2) is 23.9 Å². The summed E-state index contributed by atoms with van der Waals surface area (Å²) in [6.45, 7) is 2.00. The van der Waals surface area contributed by atoms with Crippen molar-refractivity contribution in [2.45, 2.75) is 19.0 Å². The third-order valence-electron chi connectivity index (χ3n) is 2.62. The molecule has 2 heterocycles. The number of sulfone groups is 1. The zero-order valence-electron chi connectivity index (χ0n) is 9.29. The summed E-state index contributed by atoms with van der Waals surface area (Å²) in [6.07, 6.45) is 5.40. The zero-order chi connectivity index (χ0) is 11.8. The van der Waals surface area contributed by atoms with Crippen LogP contribution in [-0.2, 0) is 16.9 Å². The van der Waals surface area contributed by atoms with E-state index in [2.05, 4.69) is 10.4 Å². The van der Waals surface area contributed by atoms with Gasteiger partial charge < -0.3 is 5.32 Å². The van der Waals surface area contributed by atoms with Gasteiger partial charge in [0.1, 0.15) is 0 Å². The summed E-state index contributed by atoms with van der Waals surface area (Å²) in [5, 5.41) is 8.60. The standard InChI is InChI=1S/C10H15N3O2S/c1-8(9-5-11-13(2)6-9)12-10-3-4-16(14,15)7-10/h3-6,8,10,12H,7H2,1-2H3. The second-order valence-corrected chi connectivity index (χ2v) is 6.03. The van der Waals surface area contributed by atoms with E-state index in [0.717, 1.165) is 5.56 Å². The van der Waals surface area contributed by atoms with Gasteiger partial charge in [0.2, 0.25) is 0 Å². The average Bonchev–Trinajstić information content (AvgIpc) is 2.73. The maximum atomic E-state index is 11.2. The predicted molar refractivity (Wildman–Crippen MR) is 61.5 cm³/mol. The summed E-state index contributed by atoms with van der Waals surface area (Å²) in [7, 11) is -1.12. The minimum Gasteiger partial charge on any atom is -0.303 e. The smallest absolute Gasteiger partial charge is 0.173 e. The van der Waals surface area contributed by atoms with Gasteiger partial charge in [-0.15, -0.1) is 0 Å². The Balaban J connectivity index is 1.99. The molecule has 0 aromatic carbocycles. The number of aryl methyl sites for hydroxylation is 1. The van der Waals surface area contributed by atoms with Crippen LogP contribution in [0.2, 0.25) is 0 Å². The highest BCUT2D eigenvalue weighted by molar-refractivity contribution is 7.94. The normalized spacial score (nSPS) is 24.8. The fourth-order valence-electron chi connectivity index (χ4n) is 1.76. The van der Waals surface area contributed by atoms with E-state index in [1.807, 2.05) is 20.2 Å². The highest BCUT2D eigenvalue weighted by Gasteiger charge is 2.23. The molecule has 2 atom stereocenters. The molecule has 1 N–H and O–H groups in total. The molecule has 0 fully saturated rings. The van der Waals surface area contributed by atoms with Crippen molar-refractivity contribution in [2.24, 2.45) is 7.05 Å². The van der Waals surface area contributed by atoms with Gasteiger partial charge in [0.05, 0.1) is 11.9 Å². The molecule has 6 heteroatoms. The molecule has 0 saturated heterocycles. The Morgan fingerprint density at radius 2 is 2.38 bits per heavy atom. The first-order chi connectivity index (χ1) is 7.46. The summed E-state index contributed by atoms with van der Waals surface area (Å²) < 4.78 is 24.2. The Labute approximate surface area is 95.1 Å². The molecule has 0 amide bonds. The molecular formula is C10H15N3O2S. The van der Waals surface area contributed by atoms with Gasteiger partial charge >= 0.3 is 0 Å². The van der Waals surface area contributed by atoms with Crippen LogP contribution in [0.3, 0.4) is 0 Å². The van der Waals surface area contributed by atoms with E-state index in [9.17, 15) is 8.42 Å². The second kappa shape index (κ2) is 4.03. The van der Waals surface area contributed by atoms with Crippen LogP contribution in [0.25, 0.3) is 0 Å². The van der Waals surface area contributed by atoms with Gasteiger partial charge in [-0.2, -0.15) is 5.10 Å². The Hall–Kier alpha value is -1.14. The third kappa shape index (κ3) is 2.51. The van der Waals surface area contributed by atoms with E-state index >= 15 is 0 Å². The van der Waals surface area contributed by atoms with Crippen LogP contribution in [0.4, 0.5) is 0 Å². The van der Waals surface area contributed by atoms with Crippen LogP contribution in [0.1, 0.15) is 18.5 Å². The molecule has 0 spiro atoms. The second-order valence-electron chi connectivity index (χ2n) is 4.10. The van der Waals surface area contributed by atoms with Crippen LogP contribution >= 0.6 is 0 Å². The van der Waals surface area contributed by atoms with Crippen molar-refractivity contribution in [3.05, 3.63) is 29.4 Å². The van der Waals surface area contributed by atoms with E-state index in [1.165, 1.54) is 5.41 Å². The van der Waals surface area contributed by atoms with Crippen LogP contribution in [-0.4, -0.2) is 30.0 Å². The van der Waals surface area contributed by atoms with E-state index in [1.54, 1.807) is 17.0 Å². The van der Waals surface area contributed by atoms with Crippen LogP contribution in [0.5, 0.6) is 0 Å². The van der Waals surface area contributed by atoms with Crippen molar-refractivity contribution < 1.29 is 8.42 Å². The molecule has 16 heavy (non-hydrogen) atoms. The Bertz CT molecular complexity index is 504. The zero-order valence-corrected chi connectivity index (χ0v) is 10.1. The molecule has 0 saturated carbocycles. The topological polar surface area (TPSA) is 64.0 Å². The number of hydrogen-bond acceptors (Lipinski definition) is 4. The molecule has 2 unspecified atom stereocenters. The number of rotatable bonds is 3. The quantitative estimate of drug-likeness (QED) is 0.831. The highest BCUT2D eigenvalue weighted by atomic mass is 32.2. The number of nitrogens with zero attached hydrogens (tertiary/aromatic N) is 2. The van der Waals surface area contributed by atoms with E-state index in [-0.39, 0.29) is 17.8 Å². The van der Waals surface area contributed by atoms with Gasteiger partial charge in [-0.3, -0.25) is 4.68 Å². The van der Waals surface area contributed by atoms with Gasteiger partial charge in [-0.05, 0) is 6.92 Å². The summed E-state index contributed by atoms with van der Waals surface area (Å²) in [6, 6.07) is -0.00291. The Morgan fingerprint density at radius 1 is 1.62 bits per heavy atom. The molecular weight excluding hydrogens is 226 g/mol. The number of nitrogens with one attached hydrogen (secondary N) is 1. The lowest BCUT2D eigenvalue weighted by molar-refractivity contribution is 0.534. The van der Waals surface area contributed by atoms with Crippen molar-refractivity contribution in [3.8, 4) is 0 Å². The molecule has 88 valence electrons. The molecule has 1 aliphatic rings. The third-order valence-corrected chi connectivity index (χ3v) is 4.01. The molecule has 5 nitrogen and oxygen atoms in total. The van der Waals surface area contributed by atoms with E-state index < -0.39 is 9.84 Å². The van der Waals surface area contributed by atoms with Crippen molar-refractivity contribution in [1.29, 1.82) is 0 Å². The van der Waals surface area contributed by atoms with Gasteiger partial charge in [-0.1, -0.05) is 6.08 Å². The van der Waals surface area contributed by atoms with Crippen LogP contribution < -0.4 is 5.32 Å². The van der Waals surface area contributed by atoms with Crippen molar-refractivity contribution in [2.75, 3.05) is 5.75 Å². The molecule has 1 aromatic rings. The lowest BCUT2D eigenvalue weighted by Gasteiger charge is -2.16. The first-order valence-corrected chi connectivity index (χ1v) is 6.83. The summed E-state index contributed by atoms with van der Waals surface area (Å²) in [4.78, 5) is 0. The van der Waals surface area contributed by atoms with Gasteiger partial charge in [-0.25, -0.2) is 8.42 Å². The fourth-order valence-corrected chi connectivity index (χ4v) is 3.01. The lowest BCUT2D eigenvalue weighted by Crippen LogP contribution is -2.32. The maximum Gasteiger partial charge on any atom is 0.173 e. The summed E-state index contributed by atoms with van der Waals surface area (Å²) in [5.41, 5.74) is 1.06. The Kier molecular flexibility index (Phi) is 2.86. The SMILES string of the molecule is CC(NC1C=CS(=O)(=O)C1)c1cnn(C)c1. The molecule has 0 radical (unpaired) electrons. The highest BCUT2D eigenvalue weighted by Crippen LogP contribution is 2.15. The Morgan fingerprint density at radius 3 is 2.88 bits per heavy atom. The molecule has 0 bridgehead atoms. The maximum absolute atomic E-state index is 11.2. The number of aromatic nitrogens is 2. The molecule has 1 aliphatic heterocycles. The van der Waals surface area contributed by atoms with Crippen LogP contribution in [0, 0.1) is 0 Å². The number of hydrogen-bond donors (Lipinski definition) is 1. The average molecular weight is 241 g/mol. The first kappa shape index (κ1) is 11.3. The molecule has 0 aliphatic carbocycles. The molecule has 2 rings (SSSR count). The lowest BCUT2D eigenvalue weighted by atomic mass is 10.1. The molecule has 1 aromatic heterocycles. The van der Waals surface area contributed by atoms with E-state index in [0.29, 0.717) is 0 Å². The monoisotopic (exact) mass is 241 g/mol. The van der Waals surface area contributed by atoms with Crippen molar-refractivity contribution in [3.63, 3.8) is 0 Å². The minimum absolute atomic E-state index is 0.0941. The summed E-state index contributed by atoms with van der Waals surface area (Å²) in [5.74, 6) is 0.150. The van der Waals surface area contributed by atoms with Gasteiger partial charge in [0, 0.05) is 36.3 Å².